The summed E-state index contributed by atoms with van der Waals surface area (Å²) < 4.78 is 13.5. The number of rotatable bonds is 3. The molecule has 0 heterocycles. The van der Waals surface area contributed by atoms with Crippen LogP contribution in [0.25, 0.3) is 0 Å². The van der Waals surface area contributed by atoms with Gasteiger partial charge in [-0.05, 0) is 31.9 Å². The number of carbonyl (C=O) groups is 1. The molecule has 4 nitrogen and oxygen atoms in total. The number of nitrogens with zero attached hydrogens (tertiary/aromatic N) is 1. The second-order valence-electron chi connectivity index (χ2n) is 5.83. The van der Waals surface area contributed by atoms with Crippen molar-refractivity contribution in [3.05, 3.63) is 29.6 Å². The van der Waals surface area contributed by atoms with Crippen molar-refractivity contribution in [2.24, 2.45) is 5.92 Å². The van der Waals surface area contributed by atoms with E-state index >= 15 is 0 Å². The van der Waals surface area contributed by atoms with Gasteiger partial charge in [-0.3, -0.25) is 0 Å². The summed E-state index contributed by atoms with van der Waals surface area (Å²) in [6, 6.07) is 4.34. The lowest BCUT2D eigenvalue weighted by Crippen LogP contribution is -2.40. The Morgan fingerprint density at radius 1 is 1.43 bits per heavy atom. The summed E-state index contributed by atoms with van der Waals surface area (Å²) in [4.78, 5) is 13.7. The van der Waals surface area contributed by atoms with Crippen LogP contribution in [-0.2, 0) is 0 Å². The van der Waals surface area contributed by atoms with Gasteiger partial charge in [0.25, 0.3) is 0 Å². The molecular weight excluding hydrogens is 271 g/mol. The van der Waals surface area contributed by atoms with E-state index in [9.17, 15) is 14.3 Å². The van der Waals surface area contributed by atoms with Crippen LogP contribution in [0.5, 0.6) is 0 Å². The Labute approximate surface area is 125 Å². The number of anilines is 1. The fraction of sp³-hybridized carbons (Fsp3) is 0.562. The minimum absolute atomic E-state index is 0.128. The highest BCUT2D eigenvalue weighted by Gasteiger charge is 2.25. The predicted octanol–water partition coefficient (Wildman–Crippen LogP) is 3.15. The number of halogens is 1. The van der Waals surface area contributed by atoms with Crippen LogP contribution in [0.3, 0.4) is 0 Å². The third-order valence-corrected chi connectivity index (χ3v) is 4.23. The summed E-state index contributed by atoms with van der Waals surface area (Å²) >= 11 is 0. The minimum atomic E-state index is -0.335. The van der Waals surface area contributed by atoms with E-state index in [-0.39, 0.29) is 23.9 Å². The Morgan fingerprint density at radius 2 is 2.14 bits per heavy atom. The molecule has 1 aliphatic rings. The number of aliphatic hydroxyl groups is 1. The van der Waals surface area contributed by atoms with Gasteiger partial charge in [-0.25, -0.2) is 9.18 Å². The lowest BCUT2D eigenvalue weighted by Gasteiger charge is -2.31. The SMILES string of the molecule is Cc1c(F)cccc1NC(=O)N(C)CC1CCCCC1O. The molecule has 21 heavy (non-hydrogen) atoms. The van der Waals surface area contributed by atoms with Gasteiger partial charge < -0.3 is 15.3 Å². The molecule has 0 radical (unpaired) electrons. The standard InChI is InChI=1S/C16H23FN2O2/c1-11-13(17)7-5-8-14(11)18-16(21)19(2)10-12-6-3-4-9-15(12)20/h5,7-8,12,15,20H,3-4,6,9-10H2,1-2H3,(H,18,21). The van der Waals surface area contributed by atoms with Crippen LogP contribution in [0.15, 0.2) is 18.2 Å². The molecule has 1 aliphatic carbocycles. The first-order valence-corrected chi connectivity index (χ1v) is 7.44. The average molecular weight is 294 g/mol. The van der Waals surface area contributed by atoms with Crippen molar-refractivity contribution in [1.82, 2.24) is 4.90 Å². The van der Waals surface area contributed by atoms with E-state index < -0.39 is 0 Å². The molecule has 1 fully saturated rings. The van der Waals surface area contributed by atoms with E-state index in [1.54, 1.807) is 31.0 Å². The van der Waals surface area contributed by atoms with Crippen molar-refractivity contribution in [1.29, 1.82) is 0 Å². The van der Waals surface area contributed by atoms with Gasteiger partial charge in [0, 0.05) is 30.8 Å². The summed E-state index contributed by atoms with van der Waals surface area (Å²) in [7, 11) is 1.70. The molecule has 2 atom stereocenters. The Hall–Kier alpha value is -1.62. The van der Waals surface area contributed by atoms with Crippen molar-refractivity contribution in [2.45, 2.75) is 38.7 Å². The molecular formula is C16H23FN2O2. The number of hydrogen-bond acceptors (Lipinski definition) is 2. The van der Waals surface area contributed by atoms with Crippen LogP contribution in [0.1, 0.15) is 31.2 Å². The molecule has 0 spiro atoms. The maximum Gasteiger partial charge on any atom is 0.321 e. The van der Waals surface area contributed by atoms with Gasteiger partial charge in [-0.2, -0.15) is 0 Å². The van der Waals surface area contributed by atoms with Gasteiger partial charge in [-0.15, -0.1) is 0 Å². The van der Waals surface area contributed by atoms with Crippen LogP contribution in [0, 0.1) is 18.7 Å². The average Bonchev–Trinajstić information content (AvgIpc) is 2.46. The summed E-state index contributed by atoms with van der Waals surface area (Å²) in [5, 5.41) is 12.7. The number of nitrogens with one attached hydrogen (secondary N) is 1. The van der Waals surface area contributed by atoms with Crippen LogP contribution in [-0.4, -0.2) is 35.7 Å². The molecule has 1 aromatic rings. The smallest absolute Gasteiger partial charge is 0.321 e. The molecule has 0 bridgehead atoms. The summed E-state index contributed by atoms with van der Waals surface area (Å²) in [6.45, 7) is 2.15. The van der Waals surface area contributed by atoms with Crippen molar-refractivity contribution in [2.75, 3.05) is 18.9 Å². The molecule has 116 valence electrons. The number of amides is 2. The second kappa shape index (κ2) is 6.89. The Bertz CT molecular complexity index is 507. The summed E-state index contributed by atoms with van der Waals surface area (Å²) in [5.41, 5.74) is 0.910. The van der Waals surface area contributed by atoms with Crippen molar-refractivity contribution < 1.29 is 14.3 Å². The molecule has 0 aromatic heterocycles. The largest absolute Gasteiger partial charge is 0.393 e. The lowest BCUT2D eigenvalue weighted by molar-refractivity contribution is 0.0575. The normalized spacial score (nSPS) is 21.9. The molecule has 5 heteroatoms. The zero-order valence-corrected chi connectivity index (χ0v) is 12.6. The molecule has 1 aromatic carbocycles. The van der Waals surface area contributed by atoms with E-state index in [4.69, 9.17) is 0 Å². The van der Waals surface area contributed by atoms with E-state index in [0.29, 0.717) is 17.8 Å². The van der Waals surface area contributed by atoms with Crippen molar-refractivity contribution >= 4 is 11.7 Å². The first kappa shape index (κ1) is 15.8. The number of hydrogen-bond donors (Lipinski definition) is 2. The molecule has 2 amide bonds. The van der Waals surface area contributed by atoms with Crippen molar-refractivity contribution in [3.63, 3.8) is 0 Å². The first-order chi connectivity index (χ1) is 9.99. The summed E-state index contributed by atoms with van der Waals surface area (Å²) in [6.07, 6.45) is 3.57. The highest BCUT2D eigenvalue weighted by Crippen LogP contribution is 2.25. The lowest BCUT2D eigenvalue weighted by atomic mass is 9.86. The Morgan fingerprint density at radius 3 is 2.86 bits per heavy atom. The highest BCUT2D eigenvalue weighted by molar-refractivity contribution is 5.89. The van der Waals surface area contributed by atoms with Gasteiger partial charge in [0.1, 0.15) is 5.82 Å². The highest BCUT2D eigenvalue weighted by atomic mass is 19.1. The predicted molar refractivity (Wildman–Crippen MR) is 80.8 cm³/mol. The quantitative estimate of drug-likeness (QED) is 0.899. The van der Waals surface area contributed by atoms with E-state index in [2.05, 4.69) is 5.32 Å². The Balaban J connectivity index is 1.94. The molecule has 0 saturated heterocycles. The Kier molecular flexibility index (Phi) is 5.17. The third kappa shape index (κ3) is 3.94. The minimum Gasteiger partial charge on any atom is -0.393 e. The molecule has 2 rings (SSSR count). The third-order valence-electron chi connectivity index (χ3n) is 4.23. The van der Waals surface area contributed by atoms with Crippen molar-refractivity contribution in [3.8, 4) is 0 Å². The maximum atomic E-state index is 13.5. The van der Waals surface area contributed by atoms with Crippen LogP contribution >= 0.6 is 0 Å². The molecule has 0 aliphatic heterocycles. The number of benzene rings is 1. The molecule has 2 unspecified atom stereocenters. The van der Waals surface area contributed by atoms with E-state index in [1.165, 1.54) is 6.07 Å². The van der Waals surface area contributed by atoms with Gasteiger partial charge in [0.15, 0.2) is 0 Å². The second-order valence-corrected chi connectivity index (χ2v) is 5.83. The first-order valence-electron chi connectivity index (χ1n) is 7.44. The van der Waals surface area contributed by atoms with Gasteiger partial charge >= 0.3 is 6.03 Å². The van der Waals surface area contributed by atoms with Gasteiger partial charge in [0.05, 0.1) is 6.10 Å². The fourth-order valence-corrected chi connectivity index (χ4v) is 2.79. The van der Waals surface area contributed by atoms with Gasteiger partial charge in [-0.1, -0.05) is 18.9 Å². The molecule has 2 N–H and O–H groups in total. The van der Waals surface area contributed by atoms with E-state index in [0.717, 1.165) is 25.7 Å². The number of urea groups is 1. The zero-order valence-electron chi connectivity index (χ0n) is 12.6. The topological polar surface area (TPSA) is 52.6 Å². The van der Waals surface area contributed by atoms with E-state index in [1.807, 2.05) is 0 Å². The van der Waals surface area contributed by atoms with Gasteiger partial charge in [0.2, 0.25) is 0 Å². The van der Waals surface area contributed by atoms with Crippen LogP contribution < -0.4 is 5.32 Å². The monoisotopic (exact) mass is 294 g/mol. The number of aliphatic hydroxyl groups excluding tert-OH is 1. The molecule has 1 saturated carbocycles. The number of carbonyl (C=O) groups excluding carboxylic acids is 1. The maximum absolute atomic E-state index is 13.5. The fourth-order valence-electron chi connectivity index (χ4n) is 2.79. The zero-order chi connectivity index (χ0) is 15.4. The van der Waals surface area contributed by atoms with Crippen LogP contribution in [0.2, 0.25) is 0 Å². The summed E-state index contributed by atoms with van der Waals surface area (Å²) in [5.74, 6) is -0.207. The van der Waals surface area contributed by atoms with Crippen LogP contribution in [0.4, 0.5) is 14.9 Å².